The van der Waals surface area contributed by atoms with E-state index in [9.17, 15) is 4.79 Å². The Morgan fingerprint density at radius 2 is 1.94 bits per heavy atom. The standard InChI is InChI=1S/C25H34Cl2N4O2/c1-6-18-15-30(11-12-31(18)24(32)33-25(3,4)5)19-8-10-22(28)23(14-19)29-16(2)20-9-7-17(26)13-21(20)27/h7-10,13-14,16,18,29H,6,11-12,15,28H2,1-5H3/t16?,18-/m1/s1. The Bertz CT molecular complexity index is 993. The topological polar surface area (TPSA) is 70.8 Å². The van der Waals surface area contributed by atoms with Crippen molar-refractivity contribution in [3.05, 3.63) is 52.0 Å². The van der Waals surface area contributed by atoms with Gasteiger partial charge < -0.3 is 25.6 Å². The smallest absolute Gasteiger partial charge is 0.410 e. The van der Waals surface area contributed by atoms with Gasteiger partial charge in [-0.3, -0.25) is 0 Å². The number of benzene rings is 2. The van der Waals surface area contributed by atoms with Crippen LogP contribution in [0.3, 0.4) is 0 Å². The lowest BCUT2D eigenvalue weighted by atomic mass is 10.1. The lowest BCUT2D eigenvalue weighted by Crippen LogP contribution is -2.56. The molecule has 0 aliphatic carbocycles. The second-order valence-corrected chi connectivity index (χ2v) is 10.3. The molecule has 2 aromatic carbocycles. The van der Waals surface area contributed by atoms with E-state index in [1.54, 1.807) is 6.07 Å². The number of hydrogen-bond donors (Lipinski definition) is 2. The first kappa shape index (κ1) is 25.3. The van der Waals surface area contributed by atoms with Crippen molar-refractivity contribution in [1.82, 2.24) is 4.90 Å². The fourth-order valence-electron chi connectivity index (χ4n) is 4.03. The van der Waals surface area contributed by atoms with Crippen LogP contribution in [0.4, 0.5) is 21.9 Å². The molecule has 0 spiro atoms. The molecule has 0 aromatic heterocycles. The first-order chi connectivity index (χ1) is 15.5. The molecule has 1 amide bonds. The van der Waals surface area contributed by atoms with Gasteiger partial charge >= 0.3 is 6.09 Å². The number of nitrogens with one attached hydrogen (secondary N) is 1. The van der Waals surface area contributed by atoms with Crippen LogP contribution in [0.25, 0.3) is 0 Å². The predicted octanol–water partition coefficient (Wildman–Crippen LogP) is 6.58. The van der Waals surface area contributed by atoms with E-state index < -0.39 is 5.60 Å². The van der Waals surface area contributed by atoms with Gasteiger partial charge in [-0.05, 0) is 70.0 Å². The number of halogens is 2. The van der Waals surface area contributed by atoms with Crippen LogP contribution >= 0.6 is 23.2 Å². The van der Waals surface area contributed by atoms with Crippen LogP contribution in [-0.4, -0.2) is 42.3 Å². The van der Waals surface area contributed by atoms with E-state index in [-0.39, 0.29) is 18.2 Å². The lowest BCUT2D eigenvalue weighted by molar-refractivity contribution is 0.0137. The van der Waals surface area contributed by atoms with Crippen LogP contribution in [0.5, 0.6) is 0 Å². The summed E-state index contributed by atoms with van der Waals surface area (Å²) in [7, 11) is 0. The van der Waals surface area contributed by atoms with Crippen molar-refractivity contribution in [2.24, 2.45) is 0 Å². The molecular formula is C25H34Cl2N4O2. The van der Waals surface area contributed by atoms with Crippen LogP contribution in [0.15, 0.2) is 36.4 Å². The Hall–Kier alpha value is -2.31. The minimum atomic E-state index is -0.506. The minimum absolute atomic E-state index is 0.0558. The SMILES string of the molecule is CC[C@@H]1CN(c2ccc(N)c(NC(C)c3ccc(Cl)cc3Cl)c2)CCN1C(=O)OC(C)(C)C. The summed E-state index contributed by atoms with van der Waals surface area (Å²) in [5.41, 5.74) is 9.28. The molecule has 1 heterocycles. The number of amides is 1. The van der Waals surface area contributed by atoms with E-state index in [1.165, 1.54) is 0 Å². The summed E-state index contributed by atoms with van der Waals surface area (Å²) >= 11 is 12.4. The molecule has 0 saturated carbocycles. The van der Waals surface area contributed by atoms with Crippen molar-refractivity contribution in [2.45, 2.75) is 58.7 Å². The summed E-state index contributed by atoms with van der Waals surface area (Å²) in [6.07, 6.45) is 0.601. The van der Waals surface area contributed by atoms with E-state index >= 15 is 0 Å². The van der Waals surface area contributed by atoms with Gasteiger partial charge in [-0.25, -0.2) is 4.79 Å². The molecule has 180 valence electrons. The third-order valence-electron chi connectivity index (χ3n) is 5.79. The highest BCUT2D eigenvalue weighted by molar-refractivity contribution is 6.35. The Kier molecular flexibility index (Phi) is 7.91. The fraction of sp³-hybridized carbons (Fsp3) is 0.480. The van der Waals surface area contributed by atoms with Crippen molar-refractivity contribution in [3.8, 4) is 0 Å². The normalized spacial score (nSPS) is 17.6. The molecule has 3 N–H and O–H groups in total. The molecule has 6 nitrogen and oxygen atoms in total. The minimum Gasteiger partial charge on any atom is -0.444 e. The Morgan fingerprint density at radius 3 is 2.58 bits per heavy atom. The van der Waals surface area contributed by atoms with Gasteiger partial charge in [-0.2, -0.15) is 0 Å². The van der Waals surface area contributed by atoms with Gasteiger partial charge in [-0.15, -0.1) is 0 Å². The number of carbonyl (C=O) groups is 1. The van der Waals surface area contributed by atoms with Crippen LogP contribution in [0.1, 0.15) is 52.6 Å². The monoisotopic (exact) mass is 492 g/mol. The van der Waals surface area contributed by atoms with E-state index in [2.05, 4.69) is 23.2 Å². The van der Waals surface area contributed by atoms with E-state index in [1.807, 2.05) is 56.9 Å². The van der Waals surface area contributed by atoms with Crippen LogP contribution in [0, 0.1) is 0 Å². The van der Waals surface area contributed by atoms with E-state index in [0.717, 1.165) is 36.4 Å². The van der Waals surface area contributed by atoms with Gasteiger partial charge in [-0.1, -0.05) is 36.2 Å². The Labute approximate surface area is 207 Å². The second kappa shape index (κ2) is 10.3. The molecule has 1 aliphatic rings. The van der Waals surface area contributed by atoms with Gasteiger partial charge in [0.25, 0.3) is 0 Å². The number of nitrogen functional groups attached to an aromatic ring is 1. The molecule has 0 bridgehead atoms. The number of nitrogens with two attached hydrogens (primary N) is 1. The highest BCUT2D eigenvalue weighted by Crippen LogP contribution is 2.33. The summed E-state index contributed by atoms with van der Waals surface area (Å²) in [5.74, 6) is 0. The average Bonchev–Trinajstić information content (AvgIpc) is 2.73. The number of piperazine rings is 1. The highest BCUT2D eigenvalue weighted by atomic mass is 35.5. The molecular weight excluding hydrogens is 459 g/mol. The van der Waals surface area contributed by atoms with Crippen molar-refractivity contribution >= 4 is 46.4 Å². The maximum atomic E-state index is 12.7. The van der Waals surface area contributed by atoms with Gasteiger partial charge in [0.1, 0.15) is 5.60 Å². The summed E-state index contributed by atoms with van der Waals surface area (Å²) in [4.78, 5) is 16.8. The number of nitrogens with zero attached hydrogens (tertiary/aromatic N) is 2. The Morgan fingerprint density at radius 1 is 1.21 bits per heavy atom. The molecule has 8 heteroatoms. The van der Waals surface area contributed by atoms with E-state index in [0.29, 0.717) is 22.3 Å². The predicted molar refractivity (Wildman–Crippen MR) is 139 cm³/mol. The average molecular weight is 493 g/mol. The highest BCUT2D eigenvalue weighted by Gasteiger charge is 2.32. The second-order valence-electron chi connectivity index (χ2n) is 9.49. The molecule has 0 radical (unpaired) electrons. The van der Waals surface area contributed by atoms with E-state index in [4.69, 9.17) is 33.7 Å². The zero-order valence-electron chi connectivity index (χ0n) is 20.0. The first-order valence-corrected chi connectivity index (χ1v) is 12.1. The lowest BCUT2D eigenvalue weighted by Gasteiger charge is -2.42. The molecule has 1 saturated heterocycles. The number of hydrogen-bond acceptors (Lipinski definition) is 5. The fourth-order valence-corrected chi connectivity index (χ4v) is 4.60. The molecule has 1 aliphatic heterocycles. The van der Waals surface area contributed by atoms with Crippen molar-refractivity contribution < 1.29 is 9.53 Å². The van der Waals surface area contributed by atoms with Crippen molar-refractivity contribution in [2.75, 3.05) is 35.6 Å². The van der Waals surface area contributed by atoms with Gasteiger partial charge in [0, 0.05) is 35.4 Å². The summed E-state index contributed by atoms with van der Waals surface area (Å²) < 4.78 is 5.61. The Balaban J connectivity index is 1.74. The number of rotatable bonds is 5. The molecule has 1 fully saturated rings. The first-order valence-electron chi connectivity index (χ1n) is 11.3. The van der Waals surface area contributed by atoms with Crippen LogP contribution in [-0.2, 0) is 4.74 Å². The summed E-state index contributed by atoms with van der Waals surface area (Å²) in [5, 5.41) is 4.70. The zero-order chi connectivity index (χ0) is 24.3. The largest absolute Gasteiger partial charge is 0.444 e. The number of carbonyl (C=O) groups excluding carboxylic acids is 1. The maximum absolute atomic E-state index is 12.7. The van der Waals surface area contributed by atoms with Crippen molar-refractivity contribution in [1.29, 1.82) is 0 Å². The molecule has 2 atom stereocenters. The van der Waals surface area contributed by atoms with Crippen molar-refractivity contribution in [3.63, 3.8) is 0 Å². The maximum Gasteiger partial charge on any atom is 0.410 e. The van der Waals surface area contributed by atoms with Crippen LogP contribution < -0.4 is 16.0 Å². The molecule has 1 unspecified atom stereocenters. The quantitative estimate of drug-likeness (QED) is 0.460. The molecule has 3 rings (SSSR count). The molecule has 33 heavy (non-hydrogen) atoms. The number of anilines is 3. The van der Waals surface area contributed by atoms with Gasteiger partial charge in [0.15, 0.2) is 0 Å². The number of ether oxygens (including phenoxy) is 1. The zero-order valence-corrected chi connectivity index (χ0v) is 21.5. The molecule has 2 aromatic rings. The van der Waals surface area contributed by atoms with Gasteiger partial charge in [0.05, 0.1) is 23.5 Å². The third kappa shape index (κ3) is 6.39. The third-order valence-corrected chi connectivity index (χ3v) is 6.35. The van der Waals surface area contributed by atoms with Crippen LogP contribution in [0.2, 0.25) is 10.0 Å². The van der Waals surface area contributed by atoms with Gasteiger partial charge in [0.2, 0.25) is 0 Å². The summed E-state index contributed by atoms with van der Waals surface area (Å²) in [6, 6.07) is 11.5. The summed E-state index contributed by atoms with van der Waals surface area (Å²) in [6.45, 7) is 11.9.